The lowest BCUT2D eigenvalue weighted by Crippen LogP contribution is -2.64. The highest BCUT2D eigenvalue weighted by Crippen LogP contribution is 2.41. The van der Waals surface area contributed by atoms with Crippen LogP contribution in [0.4, 0.5) is 4.79 Å². The first-order valence-electron chi connectivity index (χ1n) is 8.72. The van der Waals surface area contributed by atoms with E-state index in [1.165, 1.54) is 0 Å². The van der Waals surface area contributed by atoms with Gasteiger partial charge in [-0.05, 0) is 57.9 Å². The van der Waals surface area contributed by atoms with Crippen molar-refractivity contribution in [3.05, 3.63) is 41.8 Å². The summed E-state index contributed by atoms with van der Waals surface area (Å²) in [5.74, 6) is 1.73. The van der Waals surface area contributed by atoms with Crippen LogP contribution >= 0.6 is 0 Å². The van der Waals surface area contributed by atoms with Crippen LogP contribution in [0.2, 0.25) is 0 Å². The second-order valence-electron chi connectivity index (χ2n) is 7.13. The molecule has 2 amide bonds. The highest BCUT2D eigenvalue weighted by atomic mass is 16.2. The van der Waals surface area contributed by atoms with E-state index >= 15 is 0 Å². The SMILES string of the molecule is C=N/C(=C\C(=C(C)C)c1ncccn1)NC(=O)N1C2CC(C)CC1C2. The number of urea groups is 1. The first kappa shape index (κ1) is 17.3. The minimum atomic E-state index is -0.0890. The first-order valence-corrected chi connectivity index (χ1v) is 8.72. The van der Waals surface area contributed by atoms with Crippen molar-refractivity contribution in [2.45, 2.75) is 52.1 Å². The summed E-state index contributed by atoms with van der Waals surface area (Å²) in [6, 6.07) is 2.41. The van der Waals surface area contributed by atoms with Gasteiger partial charge in [0.05, 0.1) is 0 Å². The molecule has 2 atom stereocenters. The van der Waals surface area contributed by atoms with E-state index in [1.807, 2.05) is 18.7 Å². The fourth-order valence-electron chi connectivity index (χ4n) is 3.78. The minimum Gasteiger partial charge on any atom is -0.318 e. The molecule has 2 bridgehead atoms. The molecule has 2 aliphatic rings. The van der Waals surface area contributed by atoms with E-state index in [1.54, 1.807) is 24.5 Å². The highest BCUT2D eigenvalue weighted by Gasteiger charge is 2.46. The Hall–Kier alpha value is -2.50. The zero-order chi connectivity index (χ0) is 18.0. The number of hydrogen-bond donors (Lipinski definition) is 1. The molecule has 3 rings (SSSR count). The number of carbonyl (C=O) groups is 1. The van der Waals surface area contributed by atoms with Gasteiger partial charge in [0, 0.05) is 30.1 Å². The second kappa shape index (κ2) is 7.17. The Morgan fingerprint density at radius 2 is 1.92 bits per heavy atom. The number of nitrogens with one attached hydrogen (secondary N) is 1. The van der Waals surface area contributed by atoms with E-state index in [0.717, 1.165) is 30.4 Å². The Balaban J connectivity index is 1.76. The van der Waals surface area contributed by atoms with Gasteiger partial charge in [-0.25, -0.2) is 19.8 Å². The van der Waals surface area contributed by atoms with Crippen molar-refractivity contribution in [1.29, 1.82) is 0 Å². The smallest absolute Gasteiger partial charge is 0.318 e. The van der Waals surface area contributed by atoms with E-state index < -0.39 is 0 Å². The van der Waals surface area contributed by atoms with Gasteiger partial charge < -0.3 is 4.90 Å². The van der Waals surface area contributed by atoms with Gasteiger partial charge >= 0.3 is 6.03 Å². The molecule has 1 aromatic rings. The number of nitrogens with zero attached hydrogens (tertiary/aromatic N) is 4. The van der Waals surface area contributed by atoms with Crippen LogP contribution in [0.15, 0.2) is 40.9 Å². The van der Waals surface area contributed by atoms with Crippen molar-refractivity contribution >= 4 is 18.3 Å². The predicted octanol–water partition coefficient (Wildman–Crippen LogP) is 3.39. The van der Waals surface area contributed by atoms with E-state index in [4.69, 9.17) is 0 Å². The van der Waals surface area contributed by atoms with Crippen molar-refractivity contribution in [2.24, 2.45) is 10.9 Å². The van der Waals surface area contributed by atoms with Gasteiger partial charge in [0.2, 0.25) is 0 Å². The maximum Gasteiger partial charge on any atom is 0.323 e. The second-order valence-corrected chi connectivity index (χ2v) is 7.13. The van der Waals surface area contributed by atoms with E-state index in [9.17, 15) is 4.79 Å². The van der Waals surface area contributed by atoms with Crippen LogP contribution < -0.4 is 5.32 Å². The molecule has 2 aliphatic heterocycles. The van der Waals surface area contributed by atoms with Crippen molar-refractivity contribution in [1.82, 2.24) is 20.2 Å². The summed E-state index contributed by atoms with van der Waals surface area (Å²) >= 11 is 0. The number of allylic oxidation sites excluding steroid dienone is 3. The largest absolute Gasteiger partial charge is 0.323 e. The van der Waals surface area contributed by atoms with Gasteiger partial charge in [-0.1, -0.05) is 12.5 Å². The third-order valence-corrected chi connectivity index (χ3v) is 4.95. The summed E-state index contributed by atoms with van der Waals surface area (Å²) in [4.78, 5) is 27.2. The number of aromatic nitrogens is 2. The van der Waals surface area contributed by atoms with Crippen LogP contribution in [-0.2, 0) is 0 Å². The molecular formula is C19H25N5O. The van der Waals surface area contributed by atoms with Crippen LogP contribution in [0.5, 0.6) is 0 Å². The molecule has 6 nitrogen and oxygen atoms in total. The standard InChI is InChI=1S/C19H25N5O/c1-12(2)16(18-21-6-5-7-22-18)11-17(20-4)23-19(25)24-14-8-13(3)9-15(24)10-14/h5-7,11,13-15H,4,8-10H2,1-3H3,(H,23,25)/b17-11+. The molecule has 3 heterocycles. The molecule has 0 spiro atoms. The Morgan fingerprint density at radius 3 is 2.48 bits per heavy atom. The molecule has 1 N–H and O–H groups in total. The number of carbonyl (C=O) groups excluding carboxylic acids is 1. The van der Waals surface area contributed by atoms with Crippen molar-refractivity contribution in [3.63, 3.8) is 0 Å². The van der Waals surface area contributed by atoms with Crippen LogP contribution in [0.1, 0.15) is 45.9 Å². The summed E-state index contributed by atoms with van der Waals surface area (Å²) < 4.78 is 0. The Morgan fingerprint density at radius 1 is 1.28 bits per heavy atom. The Bertz CT molecular complexity index is 709. The van der Waals surface area contributed by atoms with E-state index in [-0.39, 0.29) is 6.03 Å². The van der Waals surface area contributed by atoms with Gasteiger partial charge in [0.1, 0.15) is 5.82 Å². The molecule has 0 saturated carbocycles. The summed E-state index contributed by atoms with van der Waals surface area (Å²) in [7, 11) is 0. The molecule has 1 aromatic heterocycles. The number of hydrogen-bond acceptors (Lipinski definition) is 4. The van der Waals surface area contributed by atoms with E-state index in [0.29, 0.717) is 29.6 Å². The number of fused-ring (bicyclic) bond motifs is 2. The first-order chi connectivity index (χ1) is 12.0. The number of amides is 2. The normalized spacial score (nSPS) is 25.0. The number of aliphatic imine (C=N–C) groups is 1. The van der Waals surface area contributed by atoms with Crippen LogP contribution in [0, 0.1) is 5.92 Å². The van der Waals surface area contributed by atoms with Crippen LogP contribution in [-0.4, -0.2) is 39.7 Å². The average molecular weight is 339 g/mol. The zero-order valence-corrected chi connectivity index (χ0v) is 15.1. The maximum absolute atomic E-state index is 12.6. The van der Waals surface area contributed by atoms with Crippen molar-refractivity contribution < 1.29 is 4.79 Å². The summed E-state index contributed by atoms with van der Waals surface area (Å²) in [6.45, 7) is 9.80. The summed E-state index contributed by atoms with van der Waals surface area (Å²) in [5.41, 5.74) is 1.87. The molecule has 6 heteroatoms. The molecule has 0 radical (unpaired) electrons. The average Bonchev–Trinajstić information content (AvgIpc) is 2.58. The molecule has 0 aromatic carbocycles. The lowest BCUT2D eigenvalue weighted by atomic mass is 9.74. The lowest BCUT2D eigenvalue weighted by Gasteiger charge is -2.54. The maximum atomic E-state index is 12.6. The lowest BCUT2D eigenvalue weighted by molar-refractivity contribution is -0.0103. The quantitative estimate of drug-likeness (QED) is 0.675. The molecule has 0 aliphatic carbocycles. The molecule has 2 saturated heterocycles. The zero-order valence-electron chi connectivity index (χ0n) is 15.1. The Kier molecular flexibility index (Phi) is 4.97. The molecule has 2 fully saturated rings. The van der Waals surface area contributed by atoms with Crippen LogP contribution in [0.3, 0.4) is 0 Å². The van der Waals surface area contributed by atoms with Gasteiger partial charge in [-0.3, -0.25) is 5.32 Å². The van der Waals surface area contributed by atoms with Gasteiger partial charge in [0.25, 0.3) is 0 Å². The van der Waals surface area contributed by atoms with Gasteiger partial charge in [-0.15, -0.1) is 0 Å². The van der Waals surface area contributed by atoms with E-state index in [2.05, 4.69) is 33.9 Å². The fourth-order valence-corrected chi connectivity index (χ4v) is 3.78. The van der Waals surface area contributed by atoms with Crippen molar-refractivity contribution in [3.8, 4) is 0 Å². The molecule has 2 unspecified atom stereocenters. The fraction of sp³-hybridized carbons (Fsp3) is 0.474. The third kappa shape index (κ3) is 3.62. The number of rotatable bonds is 4. The monoisotopic (exact) mass is 339 g/mol. The topological polar surface area (TPSA) is 70.5 Å². The predicted molar refractivity (Wildman–Crippen MR) is 98.9 cm³/mol. The third-order valence-electron chi connectivity index (χ3n) is 4.95. The summed E-state index contributed by atoms with van der Waals surface area (Å²) in [5, 5.41) is 2.90. The summed E-state index contributed by atoms with van der Waals surface area (Å²) in [6.07, 6.45) is 8.47. The van der Waals surface area contributed by atoms with Gasteiger partial charge in [-0.2, -0.15) is 0 Å². The highest BCUT2D eigenvalue weighted by molar-refractivity contribution is 5.80. The van der Waals surface area contributed by atoms with Crippen molar-refractivity contribution in [2.75, 3.05) is 0 Å². The molecular weight excluding hydrogens is 314 g/mol. The Labute approximate surface area is 148 Å². The van der Waals surface area contributed by atoms with Gasteiger partial charge in [0.15, 0.2) is 5.82 Å². The molecule has 132 valence electrons. The molecule has 25 heavy (non-hydrogen) atoms. The minimum absolute atomic E-state index is 0.0890. The number of piperidine rings is 1. The van der Waals surface area contributed by atoms with Crippen LogP contribution in [0.25, 0.3) is 5.57 Å².